The van der Waals surface area contributed by atoms with Crippen molar-refractivity contribution in [3.63, 3.8) is 0 Å². The lowest BCUT2D eigenvalue weighted by molar-refractivity contribution is 0.0936. The van der Waals surface area contributed by atoms with Crippen LogP contribution in [0, 0.1) is 0 Å². The second-order valence-electron chi connectivity index (χ2n) is 8.28. The van der Waals surface area contributed by atoms with Crippen LogP contribution in [0.25, 0.3) is 0 Å². The van der Waals surface area contributed by atoms with E-state index in [2.05, 4.69) is 22.5 Å². The second kappa shape index (κ2) is 12.2. The zero-order valence-electron chi connectivity index (χ0n) is 19.3. The van der Waals surface area contributed by atoms with Gasteiger partial charge in [0.25, 0.3) is 11.8 Å². The Hall–Kier alpha value is -2.86. The van der Waals surface area contributed by atoms with Gasteiger partial charge in [0.05, 0.1) is 12.2 Å². The third-order valence-corrected chi connectivity index (χ3v) is 5.82. The summed E-state index contributed by atoms with van der Waals surface area (Å²) in [5, 5.41) is 5.85. The highest BCUT2D eigenvalue weighted by Gasteiger charge is 2.20. The molecule has 1 aliphatic heterocycles. The average Bonchev–Trinajstić information content (AvgIpc) is 3.34. The van der Waals surface area contributed by atoms with Crippen LogP contribution in [-0.4, -0.2) is 45.2 Å². The van der Waals surface area contributed by atoms with Crippen LogP contribution in [0.2, 0.25) is 0 Å². The number of methoxy groups -OCH3 is 1. The zero-order valence-corrected chi connectivity index (χ0v) is 19.3. The third-order valence-electron chi connectivity index (χ3n) is 5.82. The highest BCUT2D eigenvalue weighted by atomic mass is 16.5. The smallest absolute Gasteiger partial charge is 0.255 e. The maximum absolute atomic E-state index is 12.8. The monoisotopic (exact) mass is 437 g/mol. The summed E-state index contributed by atoms with van der Waals surface area (Å²) >= 11 is 0. The van der Waals surface area contributed by atoms with Crippen LogP contribution >= 0.6 is 0 Å². The number of rotatable bonds is 11. The molecule has 2 aromatic rings. The third kappa shape index (κ3) is 6.57. The van der Waals surface area contributed by atoms with Crippen molar-refractivity contribution >= 4 is 23.2 Å². The molecule has 32 heavy (non-hydrogen) atoms. The van der Waals surface area contributed by atoms with Crippen molar-refractivity contribution in [3.05, 3.63) is 59.2 Å². The van der Waals surface area contributed by atoms with Crippen LogP contribution in [0.3, 0.4) is 0 Å². The van der Waals surface area contributed by atoms with E-state index >= 15 is 0 Å². The number of carbonyl (C=O) groups excluding carboxylic acids is 2. The van der Waals surface area contributed by atoms with E-state index in [1.165, 1.54) is 24.8 Å². The summed E-state index contributed by atoms with van der Waals surface area (Å²) in [7, 11) is 1.61. The molecule has 1 aliphatic rings. The molecule has 1 fully saturated rings. The number of benzene rings is 2. The minimum absolute atomic E-state index is 0.156. The Morgan fingerprint density at radius 3 is 2.44 bits per heavy atom. The molecule has 0 radical (unpaired) electrons. The van der Waals surface area contributed by atoms with E-state index in [-0.39, 0.29) is 11.8 Å². The number of carbonyl (C=O) groups is 2. The Labute approximate surface area is 191 Å². The fraction of sp³-hybridized carbons (Fsp3) is 0.462. The van der Waals surface area contributed by atoms with E-state index in [1.54, 1.807) is 13.2 Å². The van der Waals surface area contributed by atoms with Crippen LogP contribution in [0.5, 0.6) is 0 Å². The number of anilines is 2. The molecule has 0 unspecified atom stereocenters. The van der Waals surface area contributed by atoms with Crippen molar-refractivity contribution in [1.29, 1.82) is 0 Å². The zero-order chi connectivity index (χ0) is 22.8. The van der Waals surface area contributed by atoms with Gasteiger partial charge in [0, 0.05) is 43.7 Å². The molecular weight excluding hydrogens is 402 g/mol. The second-order valence-corrected chi connectivity index (χ2v) is 8.28. The molecule has 2 aromatic carbocycles. The van der Waals surface area contributed by atoms with Crippen molar-refractivity contribution in [3.8, 4) is 0 Å². The van der Waals surface area contributed by atoms with Gasteiger partial charge in [-0.15, -0.1) is 0 Å². The average molecular weight is 438 g/mol. The number of nitrogens with one attached hydrogen (secondary N) is 2. The van der Waals surface area contributed by atoms with E-state index in [4.69, 9.17) is 4.74 Å². The molecule has 3 rings (SSSR count). The Balaban J connectivity index is 1.71. The van der Waals surface area contributed by atoms with Crippen LogP contribution in [0.4, 0.5) is 11.4 Å². The van der Waals surface area contributed by atoms with Gasteiger partial charge in [0.2, 0.25) is 0 Å². The van der Waals surface area contributed by atoms with Crippen molar-refractivity contribution < 1.29 is 14.3 Å². The van der Waals surface area contributed by atoms with Crippen molar-refractivity contribution in [2.75, 3.05) is 43.6 Å². The molecule has 2 amide bonds. The van der Waals surface area contributed by atoms with E-state index in [0.717, 1.165) is 38.0 Å². The number of amides is 2. The Morgan fingerprint density at radius 2 is 1.75 bits per heavy atom. The minimum atomic E-state index is -0.176. The van der Waals surface area contributed by atoms with Gasteiger partial charge in [-0.3, -0.25) is 9.59 Å². The predicted molar refractivity (Wildman–Crippen MR) is 130 cm³/mol. The molecule has 6 nitrogen and oxygen atoms in total. The summed E-state index contributed by atoms with van der Waals surface area (Å²) in [6.07, 6.45) is 6.87. The molecule has 1 heterocycles. The first-order chi connectivity index (χ1) is 15.6. The number of nitrogens with zero attached hydrogens (tertiary/aromatic N) is 1. The van der Waals surface area contributed by atoms with E-state index in [0.29, 0.717) is 30.0 Å². The Morgan fingerprint density at radius 1 is 1.00 bits per heavy atom. The maximum Gasteiger partial charge on any atom is 0.255 e. The van der Waals surface area contributed by atoms with Crippen LogP contribution < -0.4 is 15.5 Å². The maximum atomic E-state index is 12.8. The van der Waals surface area contributed by atoms with E-state index < -0.39 is 0 Å². The summed E-state index contributed by atoms with van der Waals surface area (Å²) in [6, 6.07) is 13.4. The molecule has 0 spiro atoms. The van der Waals surface area contributed by atoms with Crippen LogP contribution in [0.15, 0.2) is 42.5 Å². The topological polar surface area (TPSA) is 70.7 Å². The van der Waals surface area contributed by atoms with Crippen LogP contribution in [-0.2, 0) is 11.2 Å². The molecule has 6 heteroatoms. The molecule has 2 N–H and O–H groups in total. The molecule has 0 saturated carbocycles. The van der Waals surface area contributed by atoms with Gasteiger partial charge in [-0.1, -0.05) is 31.9 Å². The fourth-order valence-corrected chi connectivity index (χ4v) is 4.00. The molecule has 0 aliphatic carbocycles. The van der Waals surface area contributed by atoms with Gasteiger partial charge in [0.1, 0.15) is 0 Å². The highest BCUT2D eigenvalue weighted by molar-refractivity contribution is 6.06. The van der Waals surface area contributed by atoms with Gasteiger partial charge in [0.15, 0.2) is 0 Å². The molecular formula is C26H35N3O3. The minimum Gasteiger partial charge on any atom is -0.383 e. The summed E-state index contributed by atoms with van der Waals surface area (Å²) in [5.41, 5.74) is 3.96. The van der Waals surface area contributed by atoms with E-state index in [9.17, 15) is 9.59 Å². The van der Waals surface area contributed by atoms with Crippen molar-refractivity contribution in [2.24, 2.45) is 0 Å². The van der Waals surface area contributed by atoms with Gasteiger partial charge in [-0.2, -0.15) is 0 Å². The lowest BCUT2D eigenvalue weighted by Gasteiger charge is -2.22. The highest BCUT2D eigenvalue weighted by Crippen LogP contribution is 2.28. The molecule has 0 aromatic heterocycles. The Kier molecular flexibility index (Phi) is 9.11. The lowest BCUT2D eigenvalue weighted by Crippen LogP contribution is -2.30. The molecule has 0 bridgehead atoms. The standard InChI is InChI=1S/C26H35N3O3/c1-3-4-5-8-20-9-11-21(12-10-20)25(30)28-22-13-14-24(29-16-6-7-17-29)23(19-22)26(31)27-15-18-32-2/h9-14,19H,3-8,15-18H2,1-2H3,(H,27,31)(H,28,30). The molecule has 1 saturated heterocycles. The largest absolute Gasteiger partial charge is 0.383 e. The van der Waals surface area contributed by atoms with Crippen molar-refractivity contribution in [2.45, 2.75) is 45.4 Å². The summed E-state index contributed by atoms with van der Waals surface area (Å²) in [5.74, 6) is -0.332. The quantitative estimate of drug-likeness (QED) is 0.502. The summed E-state index contributed by atoms with van der Waals surface area (Å²) in [4.78, 5) is 27.9. The fourth-order valence-electron chi connectivity index (χ4n) is 4.00. The van der Waals surface area contributed by atoms with Gasteiger partial charge < -0.3 is 20.3 Å². The lowest BCUT2D eigenvalue weighted by atomic mass is 10.0. The number of unbranched alkanes of at least 4 members (excludes halogenated alkanes) is 2. The van der Waals surface area contributed by atoms with Crippen molar-refractivity contribution in [1.82, 2.24) is 5.32 Å². The number of aryl methyl sites for hydroxylation is 1. The Bertz CT molecular complexity index is 890. The molecule has 172 valence electrons. The first-order valence-electron chi connectivity index (χ1n) is 11.7. The van der Waals surface area contributed by atoms with Gasteiger partial charge in [-0.25, -0.2) is 0 Å². The summed E-state index contributed by atoms with van der Waals surface area (Å²) < 4.78 is 5.04. The molecule has 0 atom stereocenters. The number of hydrogen-bond acceptors (Lipinski definition) is 4. The van der Waals surface area contributed by atoms with E-state index in [1.807, 2.05) is 36.4 Å². The van der Waals surface area contributed by atoms with Gasteiger partial charge in [-0.05, 0) is 61.6 Å². The SMILES string of the molecule is CCCCCc1ccc(C(=O)Nc2ccc(N3CCCC3)c(C(=O)NCCOC)c2)cc1. The summed E-state index contributed by atoms with van der Waals surface area (Å²) in [6.45, 7) is 4.97. The number of hydrogen-bond donors (Lipinski definition) is 2. The van der Waals surface area contributed by atoms with Gasteiger partial charge >= 0.3 is 0 Å². The first-order valence-corrected chi connectivity index (χ1v) is 11.7. The van der Waals surface area contributed by atoms with Crippen LogP contribution in [0.1, 0.15) is 65.3 Å². The first kappa shape index (κ1) is 23.8. The normalized spacial score (nSPS) is 13.2. The number of ether oxygens (including phenoxy) is 1. The predicted octanol–water partition coefficient (Wildman–Crippen LogP) is 4.65.